The SMILES string of the molecule is O=C(CCN1C(=O)[C@@H]2CC=CC[C@H]2C1=O)OCc1cn2cc(Cl)ccc2n1. The molecule has 2 aromatic rings. The molecule has 2 aromatic heterocycles. The number of pyridine rings is 1. The summed E-state index contributed by atoms with van der Waals surface area (Å²) in [6.07, 6.45) is 8.48. The highest BCUT2D eigenvalue weighted by Crippen LogP contribution is 2.35. The van der Waals surface area contributed by atoms with Crippen molar-refractivity contribution < 1.29 is 19.1 Å². The Morgan fingerprint density at radius 1 is 1.15 bits per heavy atom. The monoisotopic (exact) mass is 387 g/mol. The number of hydrogen-bond acceptors (Lipinski definition) is 5. The number of imidazole rings is 1. The van der Waals surface area contributed by atoms with Crippen LogP contribution in [0.4, 0.5) is 0 Å². The van der Waals surface area contributed by atoms with Crippen molar-refractivity contribution in [1.82, 2.24) is 14.3 Å². The average molecular weight is 388 g/mol. The molecule has 0 radical (unpaired) electrons. The standard InChI is InChI=1S/C19H18ClN3O4/c20-12-5-6-16-21-13(10-22(16)9-12)11-27-17(24)7-8-23-18(25)14-3-1-2-4-15(14)19(23)26/h1-2,5-6,9-10,14-15H,3-4,7-8,11H2/t14-,15-/m1/s1. The van der Waals surface area contributed by atoms with Gasteiger partial charge >= 0.3 is 5.97 Å². The molecule has 2 aliphatic rings. The predicted molar refractivity (Wildman–Crippen MR) is 96.7 cm³/mol. The summed E-state index contributed by atoms with van der Waals surface area (Å²) < 4.78 is 6.98. The first-order valence-corrected chi connectivity index (χ1v) is 9.19. The second-order valence-corrected chi connectivity index (χ2v) is 7.18. The fraction of sp³-hybridized carbons (Fsp3) is 0.368. The Balaban J connectivity index is 1.30. The Kier molecular flexibility index (Phi) is 4.70. The zero-order valence-electron chi connectivity index (χ0n) is 14.5. The lowest BCUT2D eigenvalue weighted by Gasteiger charge is -2.14. The van der Waals surface area contributed by atoms with Gasteiger partial charge in [-0.1, -0.05) is 23.8 Å². The quantitative estimate of drug-likeness (QED) is 0.447. The van der Waals surface area contributed by atoms with Gasteiger partial charge in [0.2, 0.25) is 11.8 Å². The Morgan fingerprint density at radius 2 is 1.85 bits per heavy atom. The van der Waals surface area contributed by atoms with Gasteiger partial charge in [0, 0.05) is 18.9 Å². The summed E-state index contributed by atoms with van der Waals surface area (Å²) in [5, 5.41) is 0.583. The van der Waals surface area contributed by atoms with E-state index in [4.69, 9.17) is 16.3 Å². The third-order valence-corrected chi connectivity index (χ3v) is 5.21. The van der Waals surface area contributed by atoms with Gasteiger partial charge in [0.15, 0.2) is 0 Å². The Hall–Kier alpha value is -2.67. The van der Waals surface area contributed by atoms with Crippen molar-refractivity contribution in [3.8, 4) is 0 Å². The van der Waals surface area contributed by atoms with Gasteiger partial charge in [-0.2, -0.15) is 0 Å². The summed E-state index contributed by atoms with van der Waals surface area (Å²) in [6.45, 7) is 0.0828. The highest BCUT2D eigenvalue weighted by Gasteiger charge is 2.46. The number of ether oxygens (including phenoxy) is 1. The molecule has 27 heavy (non-hydrogen) atoms. The normalized spacial score (nSPS) is 21.7. The van der Waals surface area contributed by atoms with Gasteiger partial charge in [0.1, 0.15) is 12.3 Å². The molecular formula is C19H18ClN3O4. The van der Waals surface area contributed by atoms with Crippen LogP contribution in [0.2, 0.25) is 5.02 Å². The maximum absolute atomic E-state index is 12.4. The third-order valence-electron chi connectivity index (χ3n) is 4.98. The van der Waals surface area contributed by atoms with Crippen molar-refractivity contribution in [2.75, 3.05) is 6.54 Å². The van der Waals surface area contributed by atoms with E-state index in [0.29, 0.717) is 29.2 Å². The summed E-state index contributed by atoms with van der Waals surface area (Å²) in [4.78, 5) is 42.3. The molecule has 1 aliphatic heterocycles. The zero-order valence-corrected chi connectivity index (χ0v) is 15.3. The first-order chi connectivity index (χ1) is 13.0. The Labute approximate surface area is 160 Å². The van der Waals surface area contributed by atoms with Crippen LogP contribution < -0.4 is 0 Å². The number of fused-ring (bicyclic) bond motifs is 2. The van der Waals surface area contributed by atoms with Crippen LogP contribution in [0.1, 0.15) is 25.0 Å². The number of amides is 2. The average Bonchev–Trinajstić information content (AvgIpc) is 3.17. The number of aromatic nitrogens is 2. The van der Waals surface area contributed by atoms with Crippen LogP contribution in [0.3, 0.4) is 0 Å². The van der Waals surface area contributed by atoms with Crippen molar-refractivity contribution >= 4 is 35.0 Å². The van der Waals surface area contributed by atoms with Crippen molar-refractivity contribution in [1.29, 1.82) is 0 Å². The van der Waals surface area contributed by atoms with E-state index in [2.05, 4.69) is 4.98 Å². The molecule has 2 atom stereocenters. The lowest BCUT2D eigenvalue weighted by atomic mass is 9.85. The number of esters is 1. The van der Waals surface area contributed by atoms with Gasteiger partial charge in [0.05, 0.1) is 29.0 Å². The molecule has 140 valence electrons. The van der Waals surface area contributed by atoms with Gasteiger partial charge in [-0.15, -0.1) is 0 Å². The molecule has 8 heteroatoms. The van der Waals surface area contributed by atoms with Crippen LogP contribution in [0.5, 0.6) is 0 Å². The first kappa shape index (κ1) is 17.7. The van der Waals surface area contributed by atoms with E-state index in [-0.39, 0.29) is 43.2 Å². The molecular weight excluding hydrogens is 370 g/mol. The number of likely N-dealkylation sites (tertiary alicyclic amines) is 1. The number of hydrogen-bond donors (Lipinski definition) is 0. The molecule has 0 unspecified atom stereocenters. The van der Waals surface area contributed by atoms with Gasteiger partial charge < -0.3 is 9.14 Å². The van der Waals surface area contributed by atoms with Crippen LogP contribution in [0, 0.1) is 11.8 Å². The second-order valence-electron chi connectivity index (χ2n) is 6.74. The molecule has 3 heterocycles. The number of allylic oxidation sites excluding steroid dienone is 2. The van der Waals surface area contributed by atoms with Crippen LogP contribution in [0.15, 0.2) is 36.7 Å². The van der Waals surface area contributed by atoms with Gasteiger partial charge in [-0.05, 0) is 25.0 Å². The lowest BCUT2D eigenvalue weighted by molar-refractivity contribution is -0.146. The van der Waals surface area contributed by atoms with Crippen LogP contribution >= 0.6 is 11.6 Å². The predicted octanol–water partition coefficient (Wildman–Crippen LogP) is 2.37. The van der Waals surface area contributed by atoms with Gasteiger partial charge in [-0.25, -0.2) is 4.98 Å². The number of imide groups is 1. The molecule has 0 spiro atoms. The van der Waals surface area contributed by atoms with Crippen LogP contribution in [0.25, 0.3) is 5.65 Å². The first-order valence-electron chi connectivity index (χ1n) is 8.82. The van der Waals surface area contributed by atoms with Gasteiger partial charge in [-0.3, -0.25) is 19.3 Å². The third kappa shape index (κ3) is 3.47. The molecule has 0 aromatic carbocycles. The minimum Gasteiger partial charge on any atom is -0.459 e. The Bertz CT molecular complexity index is 926. The van der Waals surface area contributed by atoms with E-state index in [0.717, 1.165) is 0 Å². The van der Waals surface area contributed by atoms with Crippen molar-refractivity contribution in [2.24, 2.45) is 11.8 Å². The fourth-order valence-electron chi connectivity index (χ4n) is 3.61. The highest BCUT2D eigenvalue weighted by atomic mass is 35.5. The van der Waals surface area contributed by atoms with Gasteiger partial charge in [0.25, 0.3) is 0 Å². The maximum Gasteiger partial charge on any atom is 0.307 e. The molecule has 0 saturated carbocycles. The second kappa shape index (κ2) is 7.15. The molecule has 1 fully saturated rings. The lowest BCUT2D eigenvalue weighted by Crippen LogP contribution is -2.33. The molecule has 1 aliphatic carbocycles. The molecule has 1 saturated heterocycles. The Morgan fingerprint density at radius 3 is 2.56 bits per heavy atom. The van der Waals surface area contributed by atoms with Crippen LogP contribution in [-0.4, -0.2) is 38.6 Å². The number of halogens is 1. The van der Waals surface area contributed by atoms with Crippen LogP contribution in [-0.2, 0) is 25.7 Å². The number of carbonyl (C=O) groups is 3. The topological polar surface area (TPSA) is 81.0 Å². The molecule has 0 N–H and O–H groups in total. The van der Waals surface area contributed by atoms with E-state index >= 15 is 0 Å². The summed E-state index contributed by atoms with van der Waals surface area (Å²) in [6, 6.07) is 3.50. The molecule has 7 nitrogen and oxygen atoms in total. The van der Waals surface area contributed by atoms with E-state index in [1.165, 1.54) is 4.90 Å². The van der Waals surface area contributed by atoms with E-state index in [9.17, 15) is 14.4 Å². The fourth-order valence-corrected chi connectivity index (χ4v) is 3.77. The number of rotatable bonds is 5. The molecule has 4 rings (SSSR count). The minimum absolute atomic E-state index is 0.0230. The summed E-state index contributed by atoms with van der Waals surface area (Å²) >= 11 is 5.93. The summed E-state index contributed by atoms with van der Waals surface area (Å²) in [5.41, 5.74) is 1.30. The van der Waals surface area contributed by atoms with Crippen molar-refractivity contribution in [3.05, 3.63) is 47.4 Å². The largest absolute Gasteiger partial charge is 0.459 e. The minimum atomic E-state index is -0.473. The highest BCUT2D eigenvalue weighted by molar-refractivity contribution is 6.30. The molecule has 2 amide bonds. The van der Waals surface area contributed by atoms with E-state index in [1.54, 1.807) is 28.9 Å². The number of carbonyl (C=O) groups excluding carboxylic acids is 3. The van der Waals surface area contributed by atoms with Crippen molar-refractivity contribution in [2.45, 2.75) is 25.9 Å². The molecule has 0 bridgehead atoms. The van der Waals surface area contributed by atoms with E-state index < -0.39 is 5.97 Å². The maximum atomic E-state index is 12.4. The summed E-state index contributed by atoms with van der Waals surface area (Å²) in [7, 11) is 0. The summed E-state index contributed by atoms with van der Waals surface area (Å²) in [5.74, 6) is -1.39. The zero-order chi connectivity index (χ0) is 19.0. The number of nitrogens with zero attached hydrogens (tertiary/aromatic N) is 3. The smallest absolute Gasteiger partial charge is 0.307 e. The van der Waals surface area contributed by atoms with Crippen molar-refractivity contribution in [3.63, 3.8) is 0 Å². The van der Waals surface area contributed by atoms with E-state index in [1.807, 2.05) is 12.2 Å².